The largest absolute Gasteiger partial charge is 0.433 e. The summed E-state index contributed by atoms with van der Waals surface area (Å²) in [4.78, 5) is 6.22. The Kier molecular flexibility index (Phi) is 3.04. The number of aryl methyl sites for hydroxylation is 1. The van der Waals surface area contributed by atoms with Gasteiger partial charge in [0, 0.05) is 13.1 Å². The molecule has 1 aliphatic rings. The molecule has 2 aromatic heterocycles. The zero-order chi connectivity index (χ0) is 14.3. The minimum Gasteiger partial charge on any atom is -0.378 e. The second-order valence-electron chi connectivity index (χ2n) is 4.60. The second kappa shape index (κ2) is 4.62. The average Bonchev–Trinajstić information content (AvgIpc) is 2.82. The molecule has 0 atom stereocenters. The van der Waals surface area contributed by atoms with E-state index in [1.165, 1.54) is 6.07 Å². The van der Waals surface area contributed by atoms with Gasteiger partial charge in [0.25, 0.3) is 0 Å². The van der Waals surface area contributed by atoms with E-state index < -0.39 is 11.9 Å². The lowest BCUT2D eigenvalue weighted by Gasteiger charge is -2.28. The van der Waals surface area contributed by atoms with Crippen LogP contribution in [-0.4, -0.2) is 40.9 Å². The number of hydrogen-bond donors (Lipinski definition) is 0. The molecule has 1 aliphatic heterocycles. The molecule has 20 heavy (non-hydrogen) atoms. The third kappa shape index (κ3) is 2.20. The van der Waals surface area contributed by atoms with Gasteiger partial charge in [-0.05, 0) is 19.1 Å². The van der Waals surface area contributed by atoms with E-state index in [2.05, 4.69) is 10.1 Å². The fraction of sp³-hybridized carbons (Fsp3) is 0.500. The number of nitrogens with zero attached hydrogens (tertiary/aromatic N) is 4. The van der Waals surface area contributed by atoms with Crippen molar-refractivity contribution in [2.75, 3.05) is 31.2 Å². The van der Waals surface area contributed by atoms with Gasteiger partial charge in [0.2, 0.25) is 0 Å². The van der Waals surface area contributed by atoms with Crippen LogP contribution in [0.2, 0.25) is 0 Å². The van der Waals surface area contributed by atoms with Gasteiger partial charge in [0.15, 0.2) is 5.82 Å². The van der Waals surface area contributed by atoms with Gasteiger partial charge in [-0.25, -0.2) is 9.50 Å². The third-order valence-corrected chi connectivity index (χ3v) is 3.20. The summed E-state index contributed by atoms with van der Waals surface area (Å²) in [6, 6.07) is 2.44. The van der Waals surface area contributed by atoms with Crippen molar-refractivity contribution in [1.29, 1.82) is 0 Å². The summed E-state index contributed by atoms with van der Waals surface area (Å²) >= 11 is 0. The van der Waals surface area contributed by atoms with E-state index in [-0.39, 0.29) is 0 Å². The normalized spacial score (nSPS) is 16.9. The molecule has 2 aromatic rings. The van der Waals surface area contributed by atoms with Crippen LogP contribution in [0, 0.1) is 6.92 Å². The maximum atomic E-state index is 12.9. The number of ether oxygens (including phenoxy) is 1. The van der Waals surface area contributed by atoms with E-state index in [1.54, 1.807) is 6.92 Å². The van der Waals surface area contributed by atoms with E-state index in [0.29, 0.717) is 43.5 Å². The van der Waals surface area contributed by atoms with Crippen molar-refractivity contribution in [3.8, 4) is 0 Å². The van der Waals surface area contributed by atoms with Crippen LogP contribution in [-0.2, 0) is 10.9 Å². The van der Waals surface area contributed by atoms with Crippen molar-refractivity contribution in [1.82, 2.24) is 14.6 Å². The topological polar surface area (TPSA) is 42.7 Å². The van der Waals surface area contributed by atoms with Crippen LogP contribution >= 0.6 is 0 Å². The molecular weight excluding hydrogens is 273 g/mol. The smallest absolute Gasteiger partial charge is 0.378 e. The Balaban J connectivity index is 2.15. The number of hydrogen-bond acceptors (Lipinski definition) is 4. The van der Waals surface area contributed by atoms with Crippen molar-refractivity contribution in [2.24, 2.45) is 0 Å². The van der Waals surface area contributed by atoms with E-state index in [1.807, 2.05) is 4.90 Å². The van der Waals surface area contributed by atoms with Crippen molar-refractivity contribution < 1.29 is 17.9 Å². The second-order valence-corrected chi connectivity index (χ2v) is 4.60. The van der Waals surface area contributed by atoms with Gasteiger partial charge in [-0.3, -0.25) is 0 Å². The fourth-order valence-corrected chi connectivity index (χ4v) is 2.31. The molecule has 3 heterocycles. The predicted molar refractivity (Wildman–Crippen MR) is 65.8 cm³/mol. The molecule has 1 saturated heterocycles. The molecule has 0 saturated carbocycles. The summed E-state index contributed by atoms with van der Waals surface area (Å²) in [6.07, 6.45) is -4.44. The van der Waals surface area contributed by atoms with Gasteiger partial charge in [-0.2, -0.15) is 18.3 Å². The number of fused-ring (bicyclic) bond motifs is 1. The summed E-state index contributed by atoms with van der Waals surface area (Å²) in [6.45, 7) is 3.89. The van der Waals surface area contributed by atoms with E-state index >= 15 is 0 Å². The van der Waals surface area contributed by atoms with Gasteiger partial charge in [-0.1, -0.05) is 0 Å². The highest BCUT2D eigenvalue weighted by atomic mass is 19.4. The molecule has 0 radical (unpaired) electrons. The number of alkyl halides is 3. The summed E-state index contributed by atoms with van der Waals surface area (Å²) < 4.78 is 45.0. The Morgan fingerprint density at radius 2 is 1.90 bits per heavy atom. The number of rotatable bonds is 1. The van der Waals surface area contributed by atoms with Gasteiger partial charge >= 0.3 is 6.18 Å². The SMILES string of the molecule is Cc1nc(N2CCOCC2)c2ccc(C(F)(F)F)n2n1. The molecule has 0 aliphatic carbocycles. The van der Waals surface area contributed by atoms with Gasteiger partial charge in [0.05, 0.1) is 13.2 Å². The van der Waals surface area contributed by atoms with Gasteiger partial charge < -0.3 is 9.64 Å². The molecule has 0 bridgehead atoms. The molecule has 0 N–H and O–H groups in total. The molecule has 0 aromatic carbocycles. The summed E-state index contributed by atoms with van der Waals surface area (Å²) in [7, 11) is 0. The monoisotopic (exact) mass is 286 g/mol. The molecule has 108 valence electrons. The molecule has 3 rings (SSSR count). The van der Waals surface area contributed by atoms with E-state index in [0.717, 1.165) is 10.6 Å². The first kappa shape index (κ1) is 13.2. The first-order chi connectivity index (χ1) is 9.47. The molecule has 0 unspecified atom stereocenters. The zero-order valence-corrected chi connectivity index (χ0v) is 10.8. The molecule has 0 spiro atoms. The van der Waals surface area contributed by atoms with Crippen molar-refractivity contribution in [2.45, 2.75) is 13.1 Å². The molecule has 5 nitrogen and oxygen atoms in total. The maximum absolute atomic E-state index is 12.9. The molecule has 8 heteroatoms. The van der Waals surface area contributed by atoms with Crippen molar-refractivity contribution >= 4 is 11.3 Å². The first-order valence-corrected chi connectivity index (χ1v) is 6.23. The third-order valence-electron chi connectivity index (χ3n) is 3.20. The number of anilines is 1. The molecular formula is C12H13F3N4O. The molecule has 1 fully saturated rings. The highest BCUT2D eigenvalue weighted by Crippen LogP contribution is 2.32. The summed E-state index contributed by atoms with van der Waals surface area (Å²) in [5, 5.41) is 3.89. The lowest BCUT2D eigenvalue weighted by Crippen LogP contribution is -2.37. The molecule has 0 amide bonds. The van der Waals surface area contributed by atoms with Crippen LogP contribution in [0.3, 0.4) is 0 Å². The van der Waals surface area contributed by atoms with Gasteiger partial charge in [-0.15, -0.1) is 0 Å². The minimum absolute atomic E-state index is 0.306. The summed E-state index contributed by atoms with van der Waals surface area (Å²) in [5.74, 6) is 0.831. The van der Waals surface area contributed by atoms with Crippen LogP contribution in [0.1, 0.15) is 11.5 Å². The van der Waals surface area contributed by atoms with Crippen LogP contribution < -0.4 is 4.90 Å². The Labute approximate surface area is 113 Å². The highest BCUT2D eigenvalue weighted by molar-refractivity contribution is 5.69. The van der Waals surface area contributed by atoms with Crippen molar-refractivity contribution in [3.05, 3.63) is 23.7 Å². The Hall–Kier alpha value is -1.83. The minimum atomic E-state index is -4.44. The fourth-order valence-electron chi connectivity index (χ4n) is 2.31. The number of aromatic nitrogens is 3. The van der Waals surface area contributed by atoms with Crippen molar-refractivity contribution in [3.63, 3.8) is 0 Å². The van der Waals surface area contributed by atoms with E-state index in [9.17, 15) is 13.2 Å². The Morgan fingerprint density at radius 1 is 1.20 bits per heavy atom. The van der Waals surface area contributed by atoms with Crippen LogP contribution in [0.25, 0.3) is 5.52 Å². The summed E-state index contributed by atoms with van der Waals surface area (Å²) in [5.41, 5.74) is -0.419. The first-order valence-electron chi connectivity index (χ1n) is 6.23. The van der Waals surface area contributed by atoms with Crippen LogP contribution in [0.5, 0.6) is 0 Å². The van der Waals surface area contributed by atoms with E-state index in [4.69, 9.17) is 4.74 Å². The van der Waals surface area contributed by atoms with Crippen LogP contribution in [0.15, 0.2) is 12.1 Å². The number of halogens is 3. The Morgan fingerprint density at radius 3 is 2.55 bits per heavy atom. The van der Waals surface area contributed by atoms with Gasteiger partial charge in [0.1, 0.15) is 17.0 Å². The average molecular weight is 286 g/mol. The quantitative estimate of drug-likeness (QED) is 0.803. The standard InChI is InChI=1S/C12H13F3N4O/c1-8-16-11(18-4-6-20-7-5-18)9-2-3-10(12(13,14)15)19(9)17-8/h2-3H,4-7H2,1H3. The predicted octanol–water partition coefficient (Wildman–Crippen LogP) is 1.89. The maximum Gasteiger partial charge on any atom is 0.433 e. The van der Waals surface area contributed by atoms with Crippen LogP contribution in [0.4, 0.5) is 19.0 Å². The number of morpholine rings is 1. The lowest BCUT2D eigenvalue weighted by atomic mass is 10.3. The lowest BCUT2D eigenvalue weighted by molar-refractivity contribution is -0.142. The Bertz CT molecular complexity index is 631. The zero-order valence-electron chi connectivity index (χ0n) is 10.8. The highest BCUT2D eigenvalue weighted by Gasteiger charge is 2.35.